The zero-order valence-electron chi connectivity index (χ0n) is 13.3. The molecule has 0 saturated carbocycles. The first-order valence-corrected chi connectivity index (χ1v) is 7.74. The van der Waals surface area contributed by atoms with Crippen molar-refractivity contribution in [3.8, 4) is 0 Å². The lowest BCUT2D eigenvalue weighted by molar-refractivity contribution is -0.386. The fraction of sp³-hybridized carbons (Fsp3) is 0.600. The maximum absolute atomic E-state index is 11.4. The van der Waals surface area contributed by atoms with Crippen molar-refractivity contribution in [1.29, 1.82) is 0 Å². The third kappa shape index (κ3) is 4.55. The van der Waals surface area contributed by atoms with Gasteiger partial charge in [0.2, 0.25) is 0 Å². The smallest absolute Gasteiger partial charge is 0.274 e. The summed E-state index contributed by atoms with van der Waals surface area (Å²) in [6, 6.07) is 4.37. The van der Waals surface area contributed by atoms with Crippen molar-refractivity contribution in [2.75, 3.05) is 32.8 Å². The predicted molar refractivity (Wildman–Crippen MR) is 93.4 cm³/mol. The monoisotopic (exact) mass is 363 g/mol. The minimum atomic E-state index is -0.521. The van der Waals surface area contributed by atoms with Crippen molar-refractivity contribution < 1.29 is 10.0 Å². The first-order valence-electron chi connectivity index (χ1n) is 7.36. The van der Waals surface area contributed by atoms with Crippen molar-refractivity contribution in [3.63, 3.8) is 0 Å². The summed E-state index contributed by atoms with van der Waals surface area (Å²) in [4.78, 5) is 13.2. The molecule has 1 aromatic carbocycles. The number of nitro groups is 1. The lowest BCUT2D eigenvalue weighted by Gasteiger charge is -2.43. The lowest BCUT2D eigenvalue weighted by Crippen LogP contribution is -2.49. The van der Waals surface area contributed by atoms with E-state index in [9.17, 15) is 15.2 Å². The third-order valence-corrected chi connectivity index (χ3v) is 4.38. The average molecular weight is 364 g/mol. The van der Waals surface area contributed by atoms with Gasteiger partial charge in [-0.2, -0.15) is 0 Å². The summed E-state index contributed by atoms with van der Waals surface area (Å²) in [7, 11) is 0. The highest BCUT2D eigenvalue weighted by Crippen LogP contribution is 2.42. The largest absolute Gasteiger partial charge is 0.396 e. The number of piperazine rings is 1. The van der Waals surface area contributed by atoms with E-state index in [4.69, 9.17) is 11.6 Å². The third-order valence-electron chi connectivity index (χ3n) is 4.15. The lowest BCUT2D eigenvalue weighted by atomic mass is 9.79. The van der Waals surface area contributed by atoms with E-state index < -0.39 is 5.41 Å². The van der Waals surface area contributed by atoms with E-state index in [1.165, 1.54) is 12.1 Å². The van der Waals surface area contributed by atoms with Gasteiger partial charge in [-0.05, 0) is 12.1 Å². The minimum Gasteiger partial charge on any atom is -0.396 e. The molecule has 0 aliphatic carbocycles. The molecule has 1 saturated heterocycles. The molecule has 0 radical (unpaired) electrons. The van der Waals surface area contributed by atoms with Gasteiger partial charge in [-0.1, -0.05) is 25.4 Å². The first-order chi connectivity index (χ1) is 10.4. The Morgan fingerprint density at radius 3 is 2.57 bits per heavy atom. The van der Waals surface area contributed by atoms with Crippen LogP contribution < -0.4 is 5.32 Å². The normalized spacial score (nSPS) is 17.4. The van der Waals surface area contributed by atoms with Crippen LogP contribution in [0.2, 0.25) is 5.02 Å². The Bertz CT molecular complexity index is 549. The van der Waals surface area contributed by atoms with Crippen LogP contribution in [-0.4, -0.2) is 47.7 Å². The molecule has 1 aromatic rings. The Labute approximate surface area is 147 Å². The van der Waals surface area contributed by atoms with Crippen molar-refractivity contribution in [1.82, 2.24) is 10.2 Å². The minimum absolute atomic E-state index is 0. The molecule has 2 rings (SSSR count). The maximum Gasteiger partial charge on any atom is 0.274 e. The summed E-state index contributed by atoms with van der Waals surface area (Å²) in [6.07, 6.45) is 0. The summed E-state index contributed by atoms with van der Waals surface area (Å²) < 4.78 is 0. The summed E-state index contributed by atoms with van der Waals surface area (Å²) in [6.45, 7) is 6.98. The molecule has 1 aliphatic heterocycles. The maximum atomic E-state index is 11.4. The molecule has 130 valence electrons. The molecule has 0 spiro atoms. The molecule has 1 heterocycles. The van der Waals surface area contributed by atoms with Crippen LogP contribution in [0.5, 0.6) is 0 Å². The molecule has 23 heavy (non-hydrogen) atoms. The Morgan fingerprint density at radius 2 is 2.04 bits per heavy atom. The van der Waals surface area contributed by atoms with E-state index in [0.29, 0.717) is 10.6 Å². The topological polar surface area (TPSA) is 78.6 Å². The van der Waals surface area contributed by atoms with E-state index in [1.807, 2.05) is 13.8 Å². The van der Waals surface area contributed by atoms with Gasteiger partial charge in [-0.25, -0.2) is 0 Å². The van der Waals surface area contributed by atoms with E-state index in [0.717, 1.165) is 26.2 Å². The standard InChI is InChI=1S/C15H22ClN3O3.ClH/c1-15(2,10-20)14(18-7-5-17-6-8-18)12-9-11(16)3-4-13(12)19(21)22;/h3-4,9,14,17,20H,5-8,10H2,1-2H3;1H/t14-;/m0./s1. The Hall–Kier alpha value is -0.920. The second-order valence-electron chi connectivity index (χ2n) is 6.30. The molecule has 0 aromatic heterocycles. The van der Waals surface area contributed by atoms with E-state index in [2.05, 4.69) is 10.2 Å². The van der Waals surface area contributed by atoms with Crippen LogP contribution in [0.25, 0.3) is 0 Å². The fourth-order valence-corrected chi connectivity index (χ4v) is 3.23. The number of nitro benzene ring substituents is 1. The number of benzene rings is 1. The fourth-order valence-electron chi connectivity index (χ4n) is 3.05. The Balaban J connectivity index is 0.00000264. The van der Waals surface area contributed by atoms with Gasteiger partial charge < -0.3 is 10.4 Å². The Morgan fingerprint density at radius 1 is 1.43 bits per heavy atom. The number of hydrogen-bond donors (Lipinski definition) is 2. The second kappa shape index (κ2) is 8.26. The van der Waals surface area contributed by atoms with Crippen LogP contribution in [-0.2, 0) is 0 Å². The first kappa shape index (κ1) is 20.1. The van der Waals surface area contributed by atoms with Crippen LogP contribution in [0.3, 0.4) is 0 Å². The molecule has 2 N–H and O–H groups in total. The highest BCUT2D eigenvalue weighted by molar-refractivity contribution is 6.30. The number of halogens is 2. The highest BCUT2D eigenvalue weighted by Gasteiger charge is 2.39. The van der Waals surface area contributed by atoms with Gasteiger partial charge in [0.1, 0.15) is 0 Å². The number of nitrogens with zero attached hydrogens (tertiary/aromatic N) is 2. The molecular formula is C15H23Cl2N3O3. The summed E-state index contributed by atoms with van der Waals surface area (Å²) in [5.74, 6) is 0. The van der Waals surface area contributed by atoms with Crippen molar-refractivity contribution in [3.05, 3.63) is 38.9 Å². The molecular weight excluding hydrogens is 341 g/mol. The SMILES string of the molecule is CC(C)(CO)[C@H](c1cc(Cl)ccc1[N+](=O)[O-])N1CCNCC1.Cl. The predicted octanol–water partition coefficient (Wildman–Crippen LogP) is 2.63. The van der Waals surface area contributed by atoms with Gasteiger partial charge in [-0.3, -0.25) is 15.0 Å². The van der Waals surface area contributed by atoms with E-state index in [1.54, 1.807) is 6.07 Å². The van der Waals surface area contributed by atoms with Gasteiger partial charge in [0, 0.05) is 60.9 Å². The molecule has 8 heteroatoms. The number of aliphatic hydroxyl groups is 1. The number of aliphatic hydroxyl groups excluding tert-OH is 1. The number of hydrogen-bond acceptors (Lipinski definition) is 5. The van der Waals surface area contributed by atoms with Gasteiger partial charge in [-0.15, -0.1) is 12.4 Å². The van der Waals surface area contributed by atoms with Gasteiger partial charge in [0.15, 0.2) is 0 Å². The second-order valence-corrected chi connectivity index (χ2v) is 6.73. The quantitative estimate of drug-likeness (QED) is 0.620. The average Bonchev–Trinajstić information content (AvgIpc) is 2.48. The van der Waals surface area contributed by atoms with E-state index >= 15 is 0 Å². The van der Waals surface area contributed by atoms with Crippen LogP contribution in [0.15, 0.2) is 18.2 Å². The van der Waals surface area contributed by atoms with Crippen LogP contribution in [0.1, 0.15) is 25.5 Å². The summed E-state index contributed by atoms with van der Waals surface area (Å²) in [5, 5.41) is 25.0. The van der Waals surface area contributed by atoms with Crippen molar-refractivity contribution in [2.45, 2.75) is 19.9 Å². The van der Waals surface area contributed by atoms with Gasteiger partial charge in [0.05, 0.1) is 4.92 Å². The zero-order chi connectivity index (χ0) is 16.3. The molecule has 0 bridgehead atoms. The molecule has 1 fully saturated rings. The van der Waals surface area contributed by atoms with Crippen LogP contribution >= 0.6 is 24.0 Å². The number of rotatable bonds is 5. The Kier molecular flexibility index (Phi) is 7.23. The van der Waals surface area contributed by atoms with E-state index in [-0.39, 0.29) is 35.7 Å². The molecule has 0 unspecified atom stereocenters. The zero-order valence-corrected chi connectivity index (χ0v) is 14.9. The molecule has 6 nitrogen and oxygen atoms in total. The van der Waals surface area contributed by atoms with Crippen molar-refractivity contribution >= 4 is 29.7 Å². The summed E-state index contributed by atoms with van der Waals surface area (Å²) in [5.41, 5.74) is 0.0974. The highest BCUT2D eigenvalue weighted by atomic mass is 35.5. The molecule has 1 atom stereocenters. The van der Waals surface area contributed by atoms with Crippen LogP contribution in [0, 0.1) is 15.5 Å². The molecule has 1 aliphatic rings. The number of nitrogens with one attached hydrogen (secondary N) is 1. The van der Waals surface area contributed by atoms with Crippen LogP contribution in [0.4, 0.5) is 5.69 Å². The van der Waals surface area contributed by atoms with Crippen molar-refractivity contribution in [2.24, 2.45) is 5.41 Å². The summed E-state index contributed by atoms with van der Waals surface area (Å²) >= 11 is 6.08. The molecule has 0 amide bonds. The van der Waals surface area contributed by atoms with Gasteiger partial charge >= 0.3 is 0 Å². The van der Waals surface area contributed by atoms with Gasteiger partial charge in [0.25, 0.3) is 5.69 Å².